The van der Waals surface area contributed by atoms with E-state index in [2.05, 4.69) is 5.32 Å². The van der Waals surface area contributed by atoms with Gasteiger partial charge in [-0.05, 0) is 26.0 Å². The molecule has 0 spiro atoms. The Hall–Kier alpha value is -1.13. The first kappa shape index (κ1) is 12.9. The molecule has 0 radical (unpaired) electrons. The SMILES string of the molecule is CC(C)(CO)NC(=O)c1cccc(F)c1Cl. The minimum Gasteiger partial charge on any atom is -0.394 e. The average molecular weight is 246 g/mol. The molecule has 88 valence electrons. The van der Waals surface area contributed by atoms with Crippen LogP contribution in [0.3, 0.4) is 0 Å². The van der Waals surface area contributed by atoms with Crippen molar-refractivity contribution in [2.75, 3.05) is 6.61 Å². The first-order chi connectivity index (χ1) is 7.37. The fourth-order valence-electron chi connectivity index (χ4n) is 1.09. The van der Waals surface area contributed by atoms with Crippen LogP contribution in [0.5, 0.6) is 0 Å². The summed E-state index contributed by atoms with van der Waals surface area (Å²) in [4.78, 5) is 11.7. The first-order valence-electron chi connectivity index (χ1n) is 4.75. The van der Waals surface area contributed by atoms with Gasteiger partial charge >= 0.3 is 0 Å². The van der Waals surface area contributed by atoms with Gasteiger partial charge in [-0.2, -0.15) is 0 Å². The molecule has 0 unspecified atom stereocenters. The van der Waals surface area contributed by atoms with E-state index in [9.17, 15) is 9.18 Å². The summed E-state index contributed by atoms with van der Waals surface area (Å²) in [6, 6.07) is 4.01. The number of aliphatic hydroxyl groups is 1. The zero-order chi connectivity index (χ0) is 12.3. The third kappa shape index (κ3) is 2.93. The number of halogens is 2. The number of benzene rings is 1. The summed E-state index contributed by atoms with van der Waals surface area (Å²) in [5.41, 5.74) is -0.713. The molecule has 0 atom stereocenters. The van der Waals surface area contributed by atoms with Gasteiger partial charge in [-0.25, -0.2) is 4.39 Å². The zero-order valence-electron chi connectivity index (χ0n) is 9.05. The van der Waals surface area contributed by atoms with Crippen LogP contribution in [0.2, 0.25) is 5.02 Å². The molecule has 1 rings (SSSR count). The maximum atomic E-state index is 13.1. The summed E-state index contributed by atoms with van der Waals surface area (Å²) >= 11 is 5.66. The molecule has 5 heteroatoms. The van der Waals surface area contributed by atoms with Gasteiger partial charge in [0.25, 0.3) is 5.91 Å². The van der Waals surface area contributed by atoms with Crippen LogP contribution in [0.4, 0.5) is 4.39 Å². The number of carbonyl (C=O) groups is 1. The number of hydrogen-bond donors (Lipinski definition) is 2. The lowest BCUT2D eigenvalue weighted by Crippen LogP contribution is -2.46. The lowest BCUT2D eigenvalue weighted by atomic mass is 10.1. The fourth-order valence-corrected chi connectivity index (χ4v) is 1.31. The highest BCUT2D eigenvalue weighted by Gasteiger charge is 2.22. The Kier molecular flexibility index (Phi) is 3.88. The van der Waals surface area contributed by atoms with Crippen LogP contribution in [0.15, 0.2) is 18.2 Å². The molecule has 0 aliphatic carbocycles. The summed E-state index contributed by atoms with van der Waals surface area (Å²) in [6.07, 6.45) is 0. The standard InChI is InChI=1S/C11H13ClFNO2/c1-11(2,6-15)14-10(16)7-4-3-5-8(13)9(7)12/h3-5,15H,6H2,1-2H3,(H,14,16). The van der Waals surface area contributed by atoms with Crippen molar-refractivity contribution < 1.29 is 14.3 Å². The van der Waals surface area contributed by atoms with Crippen LogP contribution >= 0.6 is 11.6 Å². The van der Waals surface area contributed by atoms with Crippen LogP contribution in [-0.2, 0) is 0 Å². The van der Waals surface area contributed by atoms with E-state index < -0.39 is 17.3 Å². The van der Waals surface area contributed by atoms with Crippen molar-refractivity contribution >= 4 is 17.5 Å². The third-order valence-corrected chi connectivity index (χ3v) is 2.43. The second-order valence-electron chi connectivity index (χ2n) is 4.10. The van der Waals surface area contributed by atoms with Crippen LogP contribution in [0.25, 0.3) is 0 Å². The number of amides is 1. The Balaban J connectivity index is 2.94. The van der Waals surface area contributed by atoms with Crippen molar-refractivity contribution in [3.05, 3.63) is 34.6 Å². The van der Waals surface area contributed by atoms with E-state index in [0.29, 0.717) is 0 Å². The van der Waals surface area contributed by atoms with Crippen molar-refractivity contribution in [1.82, 2.24) is 5.32 Å². The van der Waals surface area contributed by atoms with Crippen molar-refractivity contribution in [3.63, 3.8) is 0 Å². The molecule has 0 aliphatic rings. The molecule has 16 heavy (non-hydrogen) atoms. The number of aliphatic hydroxyl groups excluding tert-OH is 1. The van der Waals surface area contributed by atoms with E-state index >= 15 is 0 Å². The number of carbonyl (C=O) groups excluding carboxylic acids is 1. The average Bonchev–Trinajstić information content (AvgIpc) is 2.21. The largest absolute Gasteiger partial charge is 0.394 e. The molecule has 2 N–H and O–H groups in total. The normalized spacial score (nSPS) is 11.3. The second-order valence-corrected chi connectivity index (χ2v) is 4.48. The molecule has 1 aromatic rings. The highest BCUT2D eigenvalue weighted by atomic mass is 35.5. The predicted molar refractivity (Wildman–Crippen MR) is 60.0 cm³/mol. The van der Waals surface area contributed by atoms with Gasteiger partial charge < -0.3 is 10.4 Å². The van der Waals surface area contributed by atoms with E-state index in [1.165, 1.54) is 18.2 Å². The van der Waals surface area contributed by atoms with Gasteiger partial charge in [0.2, 0.25) is 0 Å². The summed E-state index contributed by atoms with van der Waals surface area (Å²) < 4.78 is 13.1. The zero-order valence-corrected chi connectivity index (χ0v) is 9.81. The molecule has 0 fully saturated rings. The summed E-state index contributed by atoms with van der Waals surface area (Å²) in [7, 11) is 0. The Morgan fingerprint density at radius 3 is 2.75 bits per heavy atom. The molecule has 1 amide bonds. The molecule has 3 nitrogen and oxygen atoms in total. The van der Waals surface area contributed by atoms with Gasteiger partial charge in [0.1, 0.15) is 5.82 Å². The maximum absolute atomic E-state index is 13.1. The lowest BCUT2D eigenvalue weighted by molar-refractivity contribution is 0.0869. The van der Waals surface area contributed by atoms with Gasteiger partial charge in [-0.3, -0.25) is 4.79 Å². The molecular weight excluding hydrogens is 233 g/mol. The third-order valence-electron chi connectivity index (χ3n) is 2.04. The van der Waals surface area contributed by atoms with E-state index in [0.717, 1.165) is 0 Å². The van der Waals surface area contributed by atoms with Crippen LogP contribution < -0.4 is 5.32 Å². The molecule has 0 bridgehead atoms. The van der Waals surface area contributed by atoms with Gasteiger partial charge in [0, 0.05) is 0 Å². The highest BCUT2D eigenvalue weighted by Crippen LogP contribution is 2.20. The van der Waals surface area contributed by atoms with Crippen molar-refractivity contribution in [2.24, 2.45) is 0 Å². The van der Waals surface area contributed by atoms with Crippen LogP contribution in [-0.4, -0.2) is 23.2 Å². The van der Waals surface area contributed by atoms with Gasteiger partial charge in [0.15, 0.2) is 0 Å². The van der Waals surface area contributed by atoms with E-state index in [1.54, 1.807) is 13.8 Å². The molecule has 1 aromatic carbocycles. The monoisotopic (exact) mass is 245 g/mol. The van der Waals surface area contributed by atoms with Crippen molar-refractivity contribution in [2.45, 2.75) is 19.4 Å². The molecule has 0 saturated heterocycles. The van der Waals surface area contributed by atoms with E-state index in [1.807, 2.05) is 0 Å². The predicted octanol–water partition coefficient (Wildman–Crippen LogP) is 1.98. The van der Waals surface area contributed by atoms with Crippen LogP contribution in [0, 0.1) is 5.82 Å². The first-order valence-corrected chi connectivity index (χ1v) is 5.12. The minimum absolute atomic E-state index is 0.0585. The maximum Gasteiger partial charge on any atom is 0.253 e. The fraction of sp³-hybridized carbons (Fsp3) is 0.364. The second kappa shape index (κ2) is 4.80. The number of nitrogens with one attached hydrogen (secondary N) is 1. The Morgan fingerprint density at radius 1 is 1.56 bits per heavy atom. The van der Waals surface area contributed by atoms with Gasteiger partial charge in [-0.1, -0.05) is 17.7 Å². The molecule has 0 aliphatic heterocycles. The number of hydrogen-bond acceptors (Lipinski definition) is 2. The Bertz CT molecular complexity index is 407. The van der Waals surface area contributed by atoms with Gasteiger partial charge in [-0.15, -0.1) is 0 Å². The number of rotatable bonds is 3. The Labute approximate surface area is 98.2 Å². The minimum atomic E-state index is -0.771. The Morgan fingerprint density at radius 2 is 2.19 bits per heavy atom. The topological polar surface area (TPSA) is 49.3 Å². The highest BCUT2D eigenvalue weighted by molar-refractivity contribution is 6.34. The molecular formula is C11H13ClFNO2. The van der Waals surface area contributed by atoms with Crippen LogP contribution in [0.1, 0.15) is 24.2 Å². The van der Waals surface area contributed by atoms with E-state index in [4.69, 9.17) is 16.7 Å². The smallest absolute Gasteiger partial charge is 0.253 e. The van der Waals surface area contributed by atoms with Crippen molar-refractivity contribution in [3.8, 4) is 0 Å². The summed E-state index contributed by atoms with van der Waals surface area (Å²) in [5.74, 6) is -1.15. The summed E-state index contributed by atoms with van der Waals surface area (Å²) in [6.45, 7) is 3.09. The van der Waals surface area contributed by atoms with Crippen molar-refractivity contribution in [1.29, 1.82) is 0 Å². The molecule has 0 heterocycles. The lowest BCUT2D eigenvalue weighted by Gasteiger charge is -2.23. The quantitative estimate of drug-likeness (QED) is 0.856. The van der Waals surface area contributed by atoms with E-state index in [-0.39, 0.29) is 17.2 Å². The molecule has 0 saturated carbocycles. The van der Waals surface area contributed by atoms with Gasteiger partial charge in [0.05, 0.1) is 22.7 Å². The summed E-state index contributed by atoms with van der Waals surface area (Å²) in [5, 5.41) is 11.3. The molecule has 0 aromatic heterocycles.